The number of carbonyl (C=O) groups excluding carboxylic acids is 4. The Hall–Kier alpha value is -3.23. The summed E-state index contributed by atoms with van der Waals surface area (Å²) in [7, 11) is 0. The molecule has 0 unspecified atom stereocenters. The molecule has 2 aromatic rings. The fourth-order valence-electron chi connectivity index (χ4n) is 2.57. The summed E-state index contributed by atoms with van der Waals surface area (Å²) in [6, 6.07) is 3.17. The summed E-state index contributed by atoms with van der Waals surface area (Å²) < 4.78 is 6.45. The molecule has 2 aromatic heterocycles. The van der Waals surface area contributed by atoms with Gasteiger partial charge in [-0.05, 0) is 19.1 Å². The molecule has 0 atom stereocenters. The fourth-order valence-corrected chi connectivity index (χ4v) is 2.57. The van der Waals surface area contributed by atoms with Crippen LogP contribution in [0.1, 0.15) is 30.1 Å². The third-order valence-corrected chi connectivity index (χ3v) is 3.76. The van der Waals surface area contributed by atoms with E-state index in [2.05, 4.69) is 10.4 Å². The van der Waals surface area contributed by atoms with Gasteiger partial charge in [0.1, 0.15) is 12.1 Å². The standard InChI is InChI=1S/C16H16N4O5/c1-2-25-16(24)11-8-17-20-6-5-10(7-12(11)20)18-13(21)9-19-14(22)3-4-15(19)23/h5-8H,2-4,9H2,1H3,(H,18,21). The lowest BCUT2D eigenvalue weighted by molar-refractivity contribution is -0.141. The first-order valence-electron chi connectivity index (χ1n) is 7.77. The minimum Gasteiger partial charge on any atom is -0.462 e. The summed E-state index contributed by atoms with van der Waals surface area (Å²) in [6.45, 7) is 1.62. The molecule has 9 nitrogen and oxygen atoms in total. The number of carbonyl (C=O) groups is 4. The van der Waals surface area contributed by atoms with Crippen LogP contribution in [0.3, 0.4) is 0 Å². The number of hydrogen-bond acceptors (Lipinski definition) is 6. The van der Waals surface area contributed by atoms with Crippen molar-refractivity contribution in [2.45, 2.75) is 19.8 Å². The maximum atomic E-state index is 12.1. The minimum absolute atomic E-state index is 0.136. The average Bonchev–Trinajstić information content (AvgIpc) is 3.13. The maximum absolute atomic E-state index is 12.1. The van der Waals surface area contributed by atoms with Gasteiger partial charge in [-0.1, -0.05) is 0 Å². The number of hydrogen-bond donors (Lipinski definition) is 1. The largest absolute Gasteiger partial charge is 0.462 e. The van der Waals surface area contributed by atoms with E-state index < -0.39 is 11.9 Å². The summed E-state index contributed by atoms with van der Waals surface area (Å²) in [5.74, 6) is -1.70. The molecule has 1 aliphatic rings. The van der Waals surface area contributed by atoms with Gasteiger partial charge in [-0.25, -0.2) is 9.31 Å². The smallest absolute Gasteiger partial charge is 0.341 e. The van der Waals surface area contributed by atoms with E-state index in [1.807, 2.05) is 0 Å². The molecule has 0 saturated carbocycles. The topological polar surface area (TPSA) is 110 Å². The van der Waals surface area contributed by atoms with Crippen molar-refractivity contribution in [3.63, 3.8) is 0 Å². The maximum Gasteiger partial charge on any atom is 0.341 e. The Labute approximate surface area is 142 Å². The highest BCUT2D eigenvalue weighted by Gasteiger charge is 2.30. The zero-order chi connectivity index (χ0) is 18.0. The van der Waals surface area contributed by atoms with Crippen LogP contribution in [0.15, 0.2) is 24.5 Å². The Kier molecular flexibility index (Phi) is 4.46. The molecule has 3 heterocycles. The molecule has 25 heavy (non-hydrogen) atoms. The Balaban J connectivity index is 1.76. The summed E-state index contributed by atoms with van der Waals surface area (Å²) in [5, 5.41) is 6.66. The van der Waals surface area contributed by atoms with Crippen molar-refractivity contribution in [2.75, 3.05) is 18.5 Å². The van der Waals surface area contributed by atoms with Crippen molar-refractivity contribution in [1.29, 1.82) is 0 Å². The highest BCUT2D eigenvalue weighted by atomic mass is 16.5. The number of nitrogens with one attached hydrogen (secondary N) is 1. The van der Waals surface area contributed by atoms with Crippen LogP contribution in [-0.4, -0.2) is 51.4 Å². The number of esters is 1. The second-order valence-corrected chi connectivity index (χ2v) is 5.45. The van der Waals surface area contributed by atoms with Crippen LogP contribution in [0.2, 0.25) is 0 Å². The van der Waals surface area contributed by atoms with E-state index in [1.165, 1.54) is 10.7 Å². The number of aromatic nitrogens is 2. The number of nitrogens with zero attached hydrogens (tertiary/aromatic N) is 3. The fraction of sp³-hybridized carbons (Fsp3) is 0.312. The van der Waals surface area contributed by atoms with Crippen LogP contribution in [0.5, 0.6) is 0 Å². The molecule has 0 aromatic carbocycles. The molecule has 1 saturated heterocycles. The normalized spacial score (nSPS) is 14.2. The van der Waals surface area contributed by atoms with Gasteiger partial charge in [0, 0.05) is 24.7 Å². The van der Waals surface area contributed by atoms with Crippen molar-refractivity contribution in [3.05, 3.63) is 30.1 Å². The summed E-state index contributed by atoms with van der Waals surface area (Å²) in [4.78, 5) is 48.0. The molecular formula is C16H16N4O5. The van der Waals surface area contributed by atoms with Gasteiger partial charge in [0.05, 0.1) is 18.3 Å². The van der Waals surface area contributed by atoms with Gasteiger partial charge in [0.25, 0.3) is 0 Å². The molecule has 1 aliphatic heterocycles. The molecule has 3 amide bonds. The van der Waals surface area contributed by atoms with Crippen molar-refractivity contribution in [1.82, 2.24) is 14.5 Å². The number of anilines is 1. The highest BCUT2D eigenvalue weighted by Crippen LogP contribution is 2.18. The first-order valence-corrected chi connectivity index (χ1v) is 7.77. The SMILES string of the molecule is CCOC(=O)c1cnn2ccc(NC(=O)CN3C(=O)CCC3=O)cc12. The van der Waals surface area contributed by atoms with E-state index in [1.54, 1.807) is 25.3 Å². The lowest BCUT2D eigenvalue weighted by Gasteiger charge is -2.13. The molecule has 0 radical (unpaired) electrons. The Bertz CT molecular complexity index is 857. The molecular weight excluding hydrogens is 328 g/mol. The first kappa shape index (κ1) is 16.6. The monoisotopic (exact) mass is 344 g/mol. The van der Waals surface area contributed by atoms with Gasteiger partial charge in [-0.2, -0.15) is 5.10 Å². The van der Waals surface area contributed by atoms with Crippen molar-refractivity contribution >= 4 is 34.9 Å². The van der Waals surface area contributed by atoms with Crippen LogP contribution in [0.4, 0.5) is 5.69 Å². The molecule has 0 spiro atoms. The Morgan fingerprint density at radius 2 is 2.00 bits per heavy atom. The summed E-state index contributed by atoms with van der Waals surface area (Å²) in [5.41, 5.74) is 1.18. The molecule has 1 fully saturated rings. The number of imide groups is 1. The van der Waals surface area contributed by atoms with E-state index >= 15 is 0 Å². The van der Waals surface area contributed by atoms with Gasteiger partial charge in [-0.15, -0.1) is 0 Å². The summed E-state index contributed by atoms with van der Waals surface area (Å²) in [6.07, 6.45) is 3.24. The number of rotatable bonds is 5. The Morgan fingerprint density at radius 1 is 1.28 bits per heavy atom. The average molecular weight is 344 g/mol. The number of amides is 3. The van der Waals surface area contributed by atoms with Crippen molar-refractivity contribution < 1.29 is 23.9 Å². The molecule has 130 valence electrons. The summed E-state index contributed by atoms with van der Waals surface area (Å²) >= 11 is 0. The van der Waals surface area contributed by atoms with E-state index in [0.717, 1.165) is 4.90 Å². The van der Waals surface area contributed by atoms with Crippen LogP contribution in [0.25, 0.3) is 5.52 Å². The van der Waals surface area contributed by atoms with Crippen LogP contribution in [-0.2, 0) is 19.1 Å². The number of fused-ring (bicyclic) bond motifs is 1. The predicted molar refractivity (Wildman–Crippen MR) is 85.7 cm³/mol. The van der Waals surface area contributed by atoms with Crippen LogP contribution >= 0.6 is 0 Å². The zero-order valence-corrected chi connectivity index (χ0v) is 13.5. The van der Waals surface area contributed by atoms with Crippen molar-refractivity contribution in [3.8, 4) is 0 Å². The van der Waals surface area contributed by atoms with Gasteiger partial charge < -0.3 is 10.1 Å². The quantitative estimate of drug-likeness (QED) is 0.628. The molecule has 9 heteroatoms. The van der Waals surface area contributed by atoms with E-state index in [-0.39, 0.29) is 43.4 Å². The number of ether oxygens (including phenoxy) is 1. The highest BCUT2D eigenvalue weighted by molar-refractivity contribution is 6.06. The second-order valence-electron chi connectivity index (χ2n) is 5.45. The zero-order valence-electron chi connectivity index (χ0n) is 13.5. The molecule has 3 rings (SSSR count). The Morgan fingerprint density at radius 3 is 2.68 bits per heavy atom. The molecule has 0 aliphatic carbocycles. The number of likely N-dealkylation sites (tertiary alicyclic amines) is 1. The third kappa shape index (κ3) is 3.35. The van der Waals surface area contributed by atoms with Crippen molar-refractivity contribution in [2.24, 2.45) is 0 Å². The third-order valence-electron chi connectivity index (χ3n) is 3.76. The van der Waals surface area contributed by atoms with E-state index in [0.29, 0.717) is 11.2 Å². The lowest BCUT2D eigenvalue weighted by atomic mass is 10.2. The van der Waals surface area contributed by atoms with Gasteiger partial charge in [0.15, 0.2) is 0 Å². The van der Waals surface area contributed by atoms with Gasteiger partial charge >= 0.3 is 5.97 Å². The van der Waals surface area contributed by atoms with Crippen LogP contribution < -0.4 is 5.32 Å². The van der Waals surface area contributed by atoms with Crippen LogP contribution in [0, 0.1) is 0 Å². The second kappa shape index (κ2) is 6.71. The minimum atomic E-state index is -0.505. The predicted octanol–water partition coefficient (Wildman–Crippen LogP) is 0.598. The molecule has 1 N–H and O–H groups in total. The van der Waals surface area contributed by atoms with E-state index in [4.69, 9.17) is 4.74 Å². The van der Waals surface area contributed by atoms with Gasteiger partial charge in [0.2, 0.25) is 17.7 Å². The first-order chi connectivity index (χ1) is 12.0. The number of pyridine rings is 1. The lowest BCUT2D eigenvalue weighted by Crippen LogP contribution is -2.36. The van der Waals surface area contributed by atoms with Gasteiger partial charge in [-0.3, -0.25) is 19.3 Å². The van der Waals surface area contributed by atoms with E-state index in [9.17, 15) is 19.2 Å². The molecule has 0 bridgehead atoms.